The summed E-state index contributed by atoms with van der Waals surface area (Å²) in [4.78, 5) is 73.3. The SMILES string of the molecule is CCCCCCCCCCCCCCCCCCC(=O)O[C@H](COC(=O)CCCCCCCCCCCCCCC)COP(=O)(O)OC[C@H](O)COP(=O)(O)OC[C@@H](COC(=O)CCCCCCCCCCCCCCCCCC(C)C)OC(=O)CCCCCCCCCCCCCCCCCCC(C)C. The van der Waals surface area contributed by atoms with Crippen LogP contribution >= 0.6 is 15.6 Å². The summed E-state index contributed by atoms with van der Waals surface area (Å²) in [6, 6.07) is 0. The smallest absolute Gasteiger partial charge is 0.462 e. The van der Waals surface area contributed by atoms with E-state index in [0.29, 0.717) is 25.7 Å². The number of esters is 4. The van der Waals surface area contributed by atoms with Gasteiger partial charge in [-0.1, -0.05) is 414 Å². The number of unbranched alkanes of at least 4 members (excludes halogenated alkanes) is 56. The minimum absolute atomic E-state index is 0.109. The van der Waals surface area contributed by atoms with Crippen molar-refractivity contribution in [2.24, 2.45) is 11.8 Å². The molecule has 17 nitrogen and oxygen atoms in total. The Morgan fingerprint density at radius 3 is 0.642 bits per heavy atom. The van der Waals surface area contributed by atoms with Gasteiger partial charge in [-0.25, -0.2) is 9.13 Å². The standard InChI is InChI=1S/C87H170O17P2/c1-7-9-11-13-15-17-19-21-22-28-35-41-47-53-59-65-71-86(91)103-82(75-97-84(89)69-63-57-51-45-39-31-20-18-16-14-12-10-8-2)77-101-105(93,94)99-73-81(88)74-100-106(95,96)102-78-83(76-98-85(90)70-64-58-52-46-40-34-30-25-27-33-38-44-50-56-62-68-80(5)6)104-87(92)72-66-60-54-48-42-36-29-24-23-26-32-37-43-49-55-61-67-79(3)4/h79-83,88H,7-78H2,1-6H3,(H,93,94)(H,95,96)/t81-,82+,83+/m0/s1. The molecule has 0 aliphatic heterocycles. The maximum atomic E-state index is 13.2. The van der Waals surface area contributed by atoms with Crippen LogP contribution in [0.5, 0.6) is 0 Å². The number of hydrogen-bond acceptors (Lipinski definition) is 15. The summed E-state index contributed by atoms with van der Waals surface area (Å²) in [7, 11) is -9.93. The van der Waals surface area contributed by atoms with E-state index in [-0.39, 0.29) is 25.7 Å². The van der Waals surface area contributed by atoms with Gasteiger partial charge in [0.05, 0.1) is 26.4 Å². The molecule has 0 aliphatic carbocycles. The quantitative estimate of drug-likeness (QED) is 0.0222. The molecule has 0 amide bonds. The van der Waals surface area contributed by atoms with Crippen LogP contribution in [0.25, 0.3) is 0 Å². The molecule has 5 atom stereocenters. The molecule has 0 spiro atoms. The van der Waals surface area contributed by atoms with Gasteiger partial charge in [-0.05, 0) is 37.5 Å². The molecule has 0 bridgehead atoms. The topological polar surface area (TPSA) is 237 Å². The Morgan fingerprint density at radius 2 is 0.434 bits per heavy atom. The van der Waals surface area contributed by atoms with E-state index in [4.69, 9.17) is 37.0 Å². The number of carbonyl (C=O) groups excluding carboxylic acids is 4. The third-order valence-electron chi connectivity index (χ3n) is 20.5. The van der Waals surface area contributed by atoms with Gasteiger partial charge in [0.1, 0.15) is 19.3 Å². The van der Waals surface area contributed by atoms with Crippen molar-refractivity contribution in [3.8, 4) is 0 Å². The number of carbonyl (C=O) groups is 4. The molecule has 106 heavy (non-hydrogen) atoms. The highest BCUT2D eigenvalue weighted by Gasteiger charge is 2.30. The number of phosphoric acid groups is 2. The van der Waals surface area contributed by atoms with Crippen LogP contribution in [0.2, 0.25) is 0 Å². The van der Waals surface area contributed by atoms with Crippen LogP contribution in [0.3, 0.4) is 0 Å². The predicted molar refractivity (Wildman–Crippen MR) is 437 cm³/mol. The highest BCUT2D eigenvalue weighted by atomic mass is 31.2. The van der Waals surface area contributed by atoms with Gasteiger partial charge in [-0.2, -0.15) is 0 Å². The second-order valence-corrected chi connectivity index (χ2v) is 35.1. The third-order valence-corrected chi connectivity index (χ3v) is 22.4. The fraction of sp³-hybridized carbons (Fsp3) is 0.954. The summed E-state index contributed by atoms with van der Waals surface area (Å²) in [6.45, 7) is 9.75. The minimum Gasteiger partial charge on any atom is -0.462 e. The number of phosphoric ester groups is 2. The van der Waals surface area contributed by atoms with Crippen molar-refractivity contribution in [1.82, 2.24) is 0 Å². The Kier molecular flexibility index (Phi) is 76.9. The molecule has 19 heteroatoms. The van der Waals surface area contributed by atoms with Gasteiger partial charge >= 0.3 is 39.5 Å². The molecule has 0 aliphatic rings. The van der Waals surface area contributed by atoms with Crippen molar-refractivity contribution in [1.29, 1.82) is 0 Å². The maximum Gasteiger partial charge on any atom is 0.472 e. The van der Waals surface area contributed by atoms with E-state index < -0.39 is 97.5 Å². The molecule has 0 aromatic heterocycles. The lowest BCUT2D eigenvalue weighted by Gasteiger charge is -2.21. The molecular formula is C87H170O17P2. The average Bonchev–Trinajstić information content (AvgIpc) is 0.897. The Labute approximate surface area is 651 Å². The molecule has 0 aromatic rings. The Bertz CT molecular complexity index is 2030. The number of ether oxygens (including phenoxy) is 4. The number of rotatable bonds is 86. The maximum absolute atomic E-state index is 13.2. The van der Waals surface area contributed by atoms with Crippen molar-refractivity contribution >= 4 is 39.5 Å². The van der Waals surface area contributed by atoms with Gasteiger partial charge in [0.2, 0.25) is 0 Å². The molecule has 0 saturated heterocycles. The molecule has 2 unspecified atom stereocenters. The predicted octanol–water partition coefficient (Wildman–Crippen LogP) is 26.6. The van der Waals surface area contributed by atoms with Crippen molar-refractivity contribution in [2.75, 3.05) is 39.6 Å². The van der Waals surface area contributed by atoms with Gasteiger partial charge in [0, 0.05) is 25.7 Å². The Morgan fingerprint density at radius 1 is 0.255 bits per heavy atom. The number of aliphatic hydroxyl groups excluding tert-OH is 1. The first kappa shape index (κ1) is 104. The van der Waals surface area contributed by atoms with Crippen LogP contribution < -0.4 is 0 Å². The van der Waals surface area contributed by atoms with E-state index in [9.17, 15) is 43.2 Å². The molecule has 0 aromatic carbocycles. The summed E-state index contributed by atoms with van der Waals surface area (Å²) >= 11 is 0. The van der Waals surface area contributed by atoms with Gasteiger partial charge < -0.3 is 33.8 Å². The first-order valence-corrected chi connectivity index (χ1v) is 48.0. The molecule has 630 valence electrons. The van der Waals surface area contributed by atoms with Crippen LogP contribution in [0.4, 0.5) is 0 Å². The fourth-order valence-corrected chi connectivity index (χ4v) is 15.2. The fourth-order valence-electron chi connectivity index (χ4n) is 13.6. The summed E-state index contributed by atoms with van der Waals surface area (Å²) in [5.41, 5.74) is 0. The number of aliphatic hydroxyl groups is 1. The van der Waals surface area contributed by atoms with Crippen molar-refractivity contribution in [3.63, 3.8) is 0 Å². The van der Waals surface area contributed by atoms with Gasteiger partial charge in [-0.15, -0.1) is 0 Å². The van der Waals surface area contributed by atoms with E-state index in [2.05, 4.69) is 41.5 Å². The van der Waals surface area contributed by atoms with Crippen LogP contribution in [-0.4, -0.2) is 96.7 Å². The highest BCUT2D eigenvalue weighted by molar-refractivity contribution is 7.47. The summed E-state index contributed by atoms with van der Waals surface area (Å²) in [6.07, 6.45) is 70.6. The van der Waals surface area contributed by atoms with Crippen LogP contribution in [-0.2, 0) is 65.4 Å². The van der Waals surface area contributed by atoms with E-state index in [1.807, 2.05) is 0 Å². The molecule has 0 saturated carbocycles. The molecule has 0 radical (unpaired) electrons. The number of hydrogen-bond donors (Lipinski definition) is 3. The normalized spacial score (nSPS) is 13.8. The Balaban J connectivity index is 5.27. The first-order valence-electron chi connectivity index (χ1n) is 45.0. The van der Waals surface area contributed by atoms with Gasteiger partial charge in [0.25, 0.3) is 0 Å². The monoisotopic (exact) mass is 1550 g/mol. The average molecular weight is 1550 g/mol. The summed E-state index contributed by atoms with van der Waals surface area (Å²) in [5.74, 6) is -0.482. The van der Waals surface area contributed by atoms with Gasteiger partial charge in [-0.3, -0.25) is 37.3 Å². The summed E-state index contributed by atoms with van der Waals surface area (Å²) in [5, 5.41) is 10.7. The summed E-state index contributed by atoms with van der Waals surface area (Å²) < 4.78 is 69.0. The lowest BCUT2D eigenvalue weighted by Crippen LogP contribution is -2.30. The molecule has 3 N–H and O–H groups in total. The molecular weight excluding hydrogens is 1380 g/mol. The van der Waals surface area contributed by atoms with Crippen LogP contribution in [0, 0.1) is 11.8 Å². The van der Waals surface area contributed by atoms with Crippen molar-refractivity contribution in [2.45, 2.75) is 484 Å². The zero-order valence-corrected chi connectivity index (χ0v) is 71.5. The lowest BCUT2D eigenvalue weighted by molar-refractivity contribution is -0.161. The zero-order chi connectivity index (χ0) is 77.8. The second-order valence-electron chi connectivity index (χ2n) is 32.2. The van der Waals surface area contributed by atoms with E-state index >= 15 is 0 Å². The van der Waals surface area contributed by atoms with E-state index in [0.717, 1.165) is 102 Å². The van der Waals surface area contributed by atoms with Crippen molar-refractivity contribution < 1.29 is 80.2 Å². The molecule has 0 rings (SSSR count). The van der Waals surface area contributed by atoms with Crippen LogP contribution in [0.15, 0.2) is 0 Å². The van der Waals surface area contributed by atoms with E-state index in [1.165, 1.54) is 283 Å². The van der Waals surface area contributed by atoms with Crippen molar-refractivity contribution in [3.05, 3.63) is 0 Å². The van der Waals surface area contributed by atoms with Gasteiger partial charge in [0.15, 0.2) is 12.2 Å². The largest absolute Gasteiger partial charge is 0.472 e. The van der Waals surface area contributed by atoms with Crippen LogP contribution in [0.1, 0.15) is 465 Å². The lowest BCUT2D eigenvalue weighted by atomic mass is 10.0. The molecule has 0 fully saturated rings. The third kappa shape index (κ3) is 80.1. The zero-order valence-electron chi connectivity index (χ0n) is 69.7. The van der Waals surface area contributed by atoms with E-state index in [1.54, 1.807) is 0 Å². The molecule has 0 heterocycles. The first-order chi connectivity index (χ1) is 51.4. The Hall–Kier alpha value is -1.94. The highest BCUT2D eigenvalue weighted by Crippen LogP contribution is 2.45. The minimum atomic E-state index is -4.97. The second kappa shape index (κ2) is 78.3.